The molecule has 1 heterocycles. The van der Waals surface area contributed by atoms with E-state index in [-0.39, 0.29) is 11.6 Å². The van der Waals surface area contributed by atoms with E-state index in [9.17, 15) is 4.79 Å². The van der Waals surface area contributed by atoms with Crippen molar-refractivity contribution < 1.29 is 4.79 Å². The molecule has 0 saturated heterocycles. The van der Waals surface area contributed by atoms with Crippen LogP contribution in [0.4, 0.5) is 23.0 Å². The Labute approximate surface area is 169 Å². The van der Waals surface area contributed by atoms with E-state index >= 15 is 0 Å². The molecule has 2 aromatic carbocycles. The molecule has 28 heavy (non-hydrogen) atoms. The predicted molar refractivity (Wildman–Crippen MR) is 115 cm³/mol. The van der Waals surface area contributed by atoms with Gasteiger partial charge in [-0.3, -0.25) is 4.79 Å². The Hall–Kier alpha value is -3.12. The Kier molecular flexibility index (Phi) is 5.80. The third-order valence-corrected chi connectivity index (χ3v) is 4.56. The van der Waals surface area contributed by atoms with Crippen LogP contribution in [0.15, 0.2) is 48.5 Å². The lowest BCUT2D eigenvalue weighted by Gasteiger charge is -2.13. The van der Waals surface area contributed by atoms with E-state index in [1.165, 1.54) is 0 Å². The summed E-state index contributed by atoms with van der Waals surface area (Å²) in [6, 6.07) is 14.9. The first-order valence-electron chi connectivity index (χ1n) is 8.79. The van der Waals surface area contributed by atoms with Gasteiger partial charge in [-0.15, -0.1) is 0 Å². The normalized spacial score (nSPS) is 10.5. The minimum Gasteiger partial charge on any atom is -0.378 e. The summed E-state index contributed by atoms with van der Waals surface area (Å²) in [5.41, 5.74) is 4.46. The molecule has 6 nitrogen and oxygen atoms in total. The average Bonchev–Trinajstić information content (AvgIpc) is 2.64. The van der Waals surface area contributed by atoms with Crippen molar-refractivity contribution in [1.82, 2.24) is 9.97 Å². The number of nitrogens with zero attached hydrogens (tertiary/aromatic N) is 3. The standard InChI is InChI=1S/C21H22ClN5O/c1-13-5-6-16(12-18(13)22)24-20(28)19-11-14(2)23-21(26-19)25-15-7-9-17(10-8-15)27(3)4/h5-12H,1-4H3,(H,24,28)(H,23,25,26). The number of anilines is 4. The Morgan fingerprint density at radius 3 is 2.29 bits per heavy atom. The second kappa shape index (κ2) is 8.27. The summed E-state index contributed by atoms with van der Waals surface area (Å²) >= 11 is 6.12. The van der Waals surface area contributed by atoms with Crippen molar-refractivity contribution in [3.8, 4) is 0 Å². The maximum absolute atomic E-state index is 12.6. The van der Waals surface area contributed by atoms with Crippen LogP contribution in [0.3, 0.4) is 0 Å². The average molecular weight is 396 g/mol. The lowest BCUT2D eigenvalue weighted by Crippen LogP contribution is -2.15. The molecule has 0 aliphatic rings. The Morgan fingerprint density at radius 1 is 0.964 bits per heavy atom. The molecule has 0 radical (unpaired) electrons. The van der Waals surface area contributed by atoms with Gasteiger partial charge in [-0.2, -0.15) is 0 Å². The zero-order valence-corrected chi connectivity index (χ0v) is 17.0. The van der Waals surface area contributed by atoms with Crippen LogP contribution in [-0.2, 0) is 0 Å². The highest BCUT2D eigenvalue weighted by molar-refractivity contribution is 6.31. The van der Waals surface area contributed by atoms with Crippen molar-refractivity contribution in [2.45, 2.75) is 13.8 Å². The zero-order valence-electron chi connectivity index (χ0n) is 16.2. The van der Waals surface area contributed by atoms with Gasteiger partial charge in [0.2, 0.25) is 5.95 Å². The lowest BCUT2D eigenvalue weighted by molar-refractivity contribution is 0.102. The zero-order chi connectivity index (χ0) is 20.3. The van der Waals surface area contributed by atoms with E-state index in [0.717, 1.165) is 16.9 Å². The van der Waals surface area contributed by atoms with Gasteiger partial charge < -0.3 is 15.5 Å². The number of nitrogens with one attached hydrogen (secondary N) is 2. The van der Waals surface area contributed by atoms with Gasteiger partial charge in [0.05, 0.1) is 0 Å². The molecule has 1 aromatic heterocycles. The van der Waals surface area contributed by atoms with Gasteiger partial charge in [-0.05, 0) is 61.9 Å². The van der Waals surface area contributed by atoms with Gasteiger partial charge in [-0.1, -0.05) is 17.7 Å². The molecule has 3 aromatic rings. The maximum atomic E-state index is 12.6. The molecule has 3 rings (SSSR count). The molecule has 1 amide bonds. The number of amides is 1. The van der Waals surface area contributed by atoms with E-state index in [4.69, 9.17) is 11.6 Å². The fraction of sp³-hybridized carbons (Fsp3) is 0.190. The number of hydrogen-bond donors (Lipinski definition) is 2. The number of carbonyl (C=O) groups excluding carboxylic acids is 1. The van der Waals surface area contributed by atoms with Crippen molar-refractivity contribution in [2.24, 2.45) is 0 Å². The highest BCUT2D eigenvalue weighted by Gasteiger charge is 2.12. The van der Waals surface area contributed by atoms with Crippen LogP contribution < -0.4 is 15.5 Å². The maximum Gasteiger partial charge on any atom is 0.274 e. The Bertz CT molecular complexity index is 1000. The van der Waals surface area contributed by atoms with E-state index in [2.05, 4.69) is 20.6 Å². The molecule has 0 unspecified atom stereocenters. The van der Waals surface area contributed by atoms with Crippen molar-refractivity contribution >= 4 is 40.5 Å². The molecule has 2 N–H and O–H groups in total. The summed E-state index contributed by atoms with van der Waals surface area (Å²) in [5.74, 6) is 0.0427. The van der Waals surface area contributed by atoms with Crippen LogP contribution in [0.2, 0.25) is 5.02 Å². The minimum absolute atomic E-state index is 0.275. The van der Waals surface area contributed by atoms with Gasteiger partial charge in [0.1, 0.15) is 5.69 Å². The molecular formula is C21H22ClN5O. The first kappa shape index (κ1) is 19.6. The van der Waals surface area contributed by atoms with E-state index in [1.807, 2.05) is 63.2 Å². The fourth-order valence-electron chi connectivity index (χ4n) is 2.58. The van der Waals surface area contributed by atoms with Crippen molar-refractivity contribution in [2.75, 3.05) is 29.6 Å². The molecule has 0 fully saturated rings. The molecular weight excluding hydrogens is 374 g/mol. The van der Waals surface area contributed by atoms with Gasteiger partial charge in [0.15, 0.2) is 0 Å². The summed E-state index contributed by atoms with van der Waals surface area (Å²) in [7, 11) is 3.97. The number of aromatic nitrogens is 2. The van der Waals surface area contributed by atoms with E-state index < -0.39 is 0 Å². The smallest absolute Gasteiger partial charge is 0.274 e. The summed E-state index contributed by atoms with van der Waals surface area (Å²) < 4.78 is 0. The molecule has 0 spiro atoms. The molecule has 7 heteroatoms. The van der Waals surface area contributed by atoms with E-state index in [1.54, 1.807) is 18.2 Å². The second-order valence-electron chi connectivity index (χ2n) is 6.70. The number of hydrogen-bond acceptors (Lipinski definition) is 5. The van der Waals surface area contributed by atoms with Crippen LogP contribution >= 0.6 is 11.6 Å². The lowest BCUT2D eigenvalue weighted by atomic mass is 10.2. The van der Waals surface area contributed by atoms with Gasteiger partial charge in [0, 0.05) is 41.9 Å². The van der Waals surface area contributed by atoms with Crippen LogP contribution in [0.5, 0.6) is 0 Å². The third kappa shape index (κ3) is 4.78. The highest BCUT2D eigenvalue weighted by atomic mass is 35.5. The van der Waals surface area contributed by atoms with Crippen LogP contribution in [0.25, 0.3) is 0 Å². The molecule has 0 bridgehead atoms. The SMILES string of the molecule is Cc1cc(C(=O)Nc2ccc(C)c(Cl)c2)nc(Nc2ccc(N(C)C)cc2)n1. The summed E-state index contributed by atoms with van der Waals surface area (Å²) in [4.78, 5) is 23.3. The number of halogens is 1. The van der Waals surface area contributed by atoms with Crippen molar-refractivity contribution in [3.63, 3.8) is 0 Å². The van der Waals surface area contributed by atoms with Crippen LogP contribution in [-0.4, -0.2) is 30.0 Å². The number of aryl methyl sites for hydroxylation is 2. The summed E-state index contributed by atoms with van der Waals surface area (Å²) in [5, 5.41) is 6.56. The van der Waals surface area contributed by atoms with Gasteiger partial charge >= 0.3 is 0 Å². The molecule has 144 valence electrons. The summed E-state index contributed by atoms with van der Waals surface area (Å²) in [6.07, 6.45) is 0. The second-order valence-corrected chi connectivity index (χ2v) is 7.11. The van der Waals surface area contributed by atoms with Crippen LogP contribution in [0.1, 0.15) is 21.7 Å². The first-order chi connectivity index (χ1) is 13.3. The van der Waals surface area contributed by atoms with Crippen molar-refractivity contribution in [1.29, 1.82) is 0 Å². The molecule has 0 aliphatic carbocycles. The molecule has 0 atom stereocenters. The van der Waals surface area contributed by atoms with E-state index in [0.29, 0.717) is 22.4 Å². The van der Waals surface area contributed by atoms with Crippen LogP contribution in [0, 0.1) is 13.8 Å². The van der Waals surface area contributed by atoms with Gasteiger partial charge in [-0.25, -0.2) is 9.97 Å². The summed E-state index contributed by atoms with van der Waals surface area (Å²) in [6.45, 7) is 3.73. The minimum atomic E-state index is -0.323. The number of carbonyl (C=O) groups is 1. The largest absolute Gasteiger partial charge is 0.378 e. The quantitative estimate of drug-likeness (QED) is 0.648. The highest BCUT2D eigenvalue weighted by Crippen LogP contribution is 2.21. The predicted octanol–water partition coefficient (Wildman–Crippen LogP) is 4.81. The fourth-order valence-corrected chi connectivity index (χ4v) is 2.76. The molecule has 0 aliphatic heterocycles. The monoisotopic (exact) mass is 395 g/mol. The first-order valence-corrected chi connectivity index (χ1v) is 9.17. The topological polar surface area (TPSA) is 70.2 Å². The third-order valence-electron chi connectivity index (χ3n) is 4.16. The molecule has 0 saturated carbocycles. The number of rotatable bonds is 5. The number of benzene rings is 2. The Balaban J connectivity index is 1.78. The van der Waals surface area contributed by atoms with Gasteiger partial charge in [0.25, 0.3) is 5.91 Å². The van der Waals surface area contributed by atoms with Crippen molar-refractivity contribution in [3.05, 3.63) is 70.5 Å². The Morgan fingerprint density at radius 2 is 1.64 bits per heavy atom.